The van der Waals surface area contributed by atoms with Crippen molar-refractivity contribution in [1.29, 1.82) is 0 Å². The number of rotatable bonds is 7. The number of amides is 1. The molecule has 0 aliphatic rings. The Balaban J connectivity index is 1.87. The molecule has 0 spiro atoms. The lowest BCUT2D eigenvalue weighted by Gasteiger charge is -2.22. The first-order valence-electron chi connectivity index (χ1n) is 8.08. The smallest absolute Gasteiger partial charge is 0.270 e. The van der Waals surface area contributed by atoms with Crippen molar-refractivity contribution in [2.75, 3.05) is 20.3 Å². The number of ether oxygens (including phenoxy) is 1. The van der Waals surface area contributed by atoms with Gasteiger partial charge in [-0.2, -0.15) is 0 Å². The summed E-state index contributed by atoms with van der Waals surface area (Å²) in [5.74, 6) is -0.102. The van der Waals surface area contributed by atoms with Gasteiger partial charge in [0.2, 0.25) is 0 Å². The molecular formula is C19H18N2O4S. The molecule has 0 unspecified atom stereocenters. The normalized spacial score (nSPS) is 10.8. The Morgan fingerprint density at radius 2 is 1.96 bits per heavy atom. The van der Waals surface area contributed by atoms with Crippen molar-refractivity contribution in [2.45, 2.75) is 6.54 Å². The van der Waals surface area contributed by atoms with Crippen LogP contribution >= 0.6 is 11.3 Å². The van der Waals surface area contributed by atoms with Crippen LogP contribution in [0.5, 0.6) is 0 Å². The van der Waals surface area contributed by atoms with E-state index < -0.39 is 4.92 Å². The van der Waals surface area contributed by atoms with Gasteiger partial charge in [-0.25, -0.2) is 0 Å². The highest BCUT2D eigenvalue weighted by molar-refractivity contribution is 7.20. The number of thiophene rings is 1. The van der Waals surface area contributed by atoms with Gasteiger partial charge in [-0.3, -0.25) is 14.9 Å². The van der Waals surface area contributed by atoms with Crippen LogP contribution in [0.3, 0.4) is 0 Å². The summed E-state index contributed by atoms with van der Waals surface area (Å²) in [6.45, 7) is 1.39. The van der Waals surface area contributed by atoms with Crippen molar-refractivity contribution >= 4 is 33.0 Å². The Morgan fingerprint density at radius 3 is 2.65 bits per heavy atom. The molecule has 0 aliphatic carbocycles. The highest BCUT2D eigenvalue weighted by Crippen LogP contribution is 2.30. The Morgan fingerprint density at radius 1 is 1.19 bits per heavy atom. The van der Waals surface area contributed by atoms with Gasteiger partial charge in [-0.1, -0.05) is 30.3 Å². The molecule has 0 radical (unpaired) electrons. The minimum Gasteiger partial charge on any atom is -0.383 e. The minimum absolute atomic E-state index is 0.0230. The van der Waals surface area contributed by atoms with E-state index in [9.17, 15) is 14.9 Å². The third-order valence-corrected chi connectivity index (χ3v) is 5.09. The summed E-state index contributed by atoms with van der Waals surface area (Å²) in [5, 5.41) is 11.6. The number of hydrogen-bond acceptors (Lipinski definition) is 5. The number of methoxy groups -OCH3 is 1. The fourth-order valence-corrected chi connectivity index (χ4v) is 3.67. The minimum atomic E-state index is -0.432. The topological polar surface area (TPSA) is 72.7 Å². The van der Waals surface area contributed by atoms with E-state index in [1.54, 1.807) is 24.1 Å². The molecule has 0 N–H and O–H groups in total. The van der Waals surface area contributed by atoms with Gasteiger partial charge >= 0.3 is 0 Å². The number of carbonyl (C=O) groups is 1. The first-order chi connectivity index (χ1) is 12.6. The molecule has 3 rings (SSSR count). The molecule has 3 aromatic rings. The van der Waals surface area contributed by atoms with Crippen LogP contribution in [0.2, 0.25) is 0 Å². The molecule has 1 heterocycles. The number of fused-ring (bicyclic) bond motifs is 1. The Bertz CT molecular complexity index is 924. The molecule has 6 nitrogen and oxygen atoms in total. The van der Waals surface area contributed by atoms with E-state index in [4.69, 9.17) is 4.74 Å². The maximum absolute atomic E-state index is 13.0. The number of non-ortho nitro benzene ring substituents is 1. The fraction of sp³-hybridized carbons (Fsp3) is 0.211. The summed E-state index contributed by atoms with van der Waals surface area (Å²) < 4.78 is 5.98. The number of benzene rings is 2. The van der Waals surface area contributed by atoms with Crippen molar-refractivity contribution in [1.82, 2.24) is 4.90 Å². The average Bonchev–Trinajstić information content (AvgIpc) is 3.08. The first kappa shape index (κ1) is 18.0. The van der Waals surface area contributed by atoms with Gasteiger partial charge < -0.3 is 9.64 Å². The van der Waals surface area contributed by atoms with Crippen molar-refractivity contribution in [2.24, 2.45) is 0 Å². The van der Waals surface area contributed by atoms with Crippen LogP contribution in [-0.4, -0.2) is 36.0 Å². The molecule has 134 valence electrons. The Kier molecular flexibility index (Phi) is 5.60. The first-order valence-corrected chi connectivity index (χ1v) is 8.90. The number of nitrogens with zero attached hydrogens (tertiary/aromatic N) is 2. The maximum atomic E-state index is 13.0. The SMILES string of the molecule is COCCN(Cc1ccccc1)C(=O)c1cc2cc([N+](=O)[O-])ccc2s1. The molecule has 0 fully saturated rings. The monoisotopic (exact) mass is 370 g/mol. The van der Waals surface area contributed by atoms with Gasteiger partial charge in [0.05, 0.1) is 16.4 Å². The Hall–Kier alpha value is -2.77. The highest BCUT2D eigenvalue weighted by Gasteiger charge is 2.19. The van der Waals surface area contributed by atoms with Crippen LogP contribution in [0.15, 0.2) is 54.6 Å². The van der Waals surface area contributed by atoms with E-state index in [0.717, 1.165) is 10.3 Å². The third-order valence-electron chi connectivity index (χ3n) is 3.99. The van der Waals surface area contributed by atoms with Crippen LogP contribution in [0.25, 0.3) is 10.1 Å². The van der Waals surface area contributed by atoms with Gasteiger partial charge in [0.15, 0.2) is 0 Å². The third kappa shape index (κ3) is 4.07. The molecule has 0 saturated carbocycles. The molecule has 1 amide bonds. The zero-order valence-electron chi connectivity index (χ0n) is 14.3. The second-order valence-electron chi connectivity index (χ2n) is 5.79. The van der Waals surface area contributed by atoms with E-state index in [1.165, 1.54) is 23.5 Å². The van der Waals surface area contributed by atoms with Gasteiger partial charge in [-0.15, -0.1) is 11.3 Å². The van der Waals surface area contributed by atoms with Crippen molar-refractivity contribution in [3.63, 3.8) is 0 Å². The quantitative estimate of drug-likeness (QED) is 0.464. The van der Waals surface area contributed by atoms with Crippen LogP contribution < -0.4 is 0 Å². The van der Waals surface area contributed by atoms with Gasteiger partial charge in [0.25, 0.3) is 11.6 Å². The predicted molar refractivity (Wildman–Crippen MR) is 102 cm³/mol. The van der Waals surface area contributed by atoms with Crippen LogP contribution in [-0.2, 0) is 11.3 Å². The molecule has 26 heavy (non-hydrogen) atoms. The second-order valence-corrected chi connectivity index (χ2v) is 6.88. The van der Waals surface area contributed by atoms with E-state index in [2.05, 4.69) is 0 Å². The van der Waals surface area contributed by atoms with Crippen molar-refractivity contribution < 1.29 is 14.5 Å². The molecule has 7 heteroatoms. The number of nitro benzene ring substituents is 1. The highest BCUT2D eigenvalue weighted by atomic mass is 32.1. The molecule has 0 bridgehead atoms. The predicted octanol–water partition coefficient (Wildman–Crippen LogP) is 4.10. The van der Waals surface area contributed by atoms with Crippen LogP contribution in [0.1, 0.15) is 15.2 Å². The van der Waals surface area contributed by atoms with Gasteiger partial charge in [0.1, 0.15) is 0 Å². The van der Waals surface area contributed by atoms with E-state index >= 15 is 0 Å². The second kappa shape index (κ2) is 8.07. The summed E-state index contributed by atoms with van der Waals surface area (Å²) in [5.41, 5.74) is 1.06. The average molecular weight is 370 g/mol. The lowest BCUT2D eigenvalue weighted by atomic mass is 10.2. The zero-order valence-corrected chi connectivity index (χ0v) is 15.1. The number of carbonyl (C=O) groups excluding carboxylic acids is 1. The number of nitro groups is 1. The zero-order chi connectivity index (χ0) is 18.5. The summed E-state index contributed by atoms with van der Waals surface area (Å²) >= 11 is 1.34. The van der Waals surface area contributed by atoms with Gasteiger partial charge in [-0.05, 0) is 17.7 Å². The summed E-state index contributed by atoms with van der Waals surface area (Å²) in [6, 6.07) is 16.1. The molecule has 2 aromatic carbocycles. The number of hydrogen-bond donors (Lipinski definition) is 0. The fourth-order valence-electron chi connectivity index (χ4n) is 2.66. The summed E-state index contributed by atoms with van der Waals surface area (Å²) in [4.78, 5) is 25.8. The van der Waals surface area contributed by atoms with Crippen LogP contribution in [0.4, 0.5) is 5.69 Å². The van der Waals surface area contributed by atoms with E-state index in [0.29, 0.717) is 30.0 Å². The lowest BCUT2D eigenvalue weighted by molar-refractivity contribution is -0.384. The molecule has 0 saturated heterocycles. The summed E-state index contributed by atoms with van der Waals surface area (Å²) in [7, 11) is 1.60. The largest absolute Gasteiger partial charge is 0.383 e. The lowest BCUT2D eigenvalue weighted by Crippen LogP contribution is -2.33. The molecule has 0 aliphatic heterocycles. The summed E-state index contributed by atoms with van der Waals surface area (Å²) in [6.07, 6.45) is 0. The molecule has 0 atom stereocenters. The molecular weight excluding hydrogens is 352 g/mol. The van der Waals surface area contributed by atoms with Crippen molar-refractivity contribution in [3.8, 4) is 0 Å². The van der Waals surface area contributed by atoms with E-state index in [-0.39, 0.29) is 11.6 Å². The van der Waals surface area contributed by atoms with Crippen LogP contribution in [0, 0.1) is 10.1 Å². The Labute approximate surface area is 154 Å². The standard InChI is InChI=1S/C19H18N2O4S/c1-25-10-9-20(13-14-5-3-2-4-6-14)19(22)18-12-15-11-16(21(23)24)7-8-17(15)26-18/h2-8,11-12H,9-10,13H2,1H3. The van der Waals surface area contributed by atoms with Gasteiger partial charge in [0, 0.05) is 42.4 Å². The molecule has 1 aromatic heterocycles. The maximum Gasteiger partial charge on any atom is 0.270 e. The van der Waals surface area contributed by atoms with Crippen molar-refractivity contribution in [3.05, 3.63) is 75.2 Å². The van der Waals surface area contributed by atoms with E-state index in [1.807, 2.05) is 30.3 Å².